The minimum absolute atomic E-state index is 0.176. The SMILES string of the molecule is CCOc1ccccc1C(N)Cc1c(Cl)c(CC)nn1C. The predicted molar refractivity (Wildman–Crippen MR) is 85.8 cm³/mol. The highest BCUT2D eigenvalue weighted by molar-refractivity contribution is 6.31. The minimum Gasteiger partial charge on any atom is -0.494 e. The first-order valence-electron chi connectivity index (χ1n) is 7.26. The maximum Gasteiger partial charge on any atom is 0.124 e. The van der Waals surface area contributed by atoms with Crippen molar-refractivity contribution in [3.63, 3.8) is 0 Å². The van der Waals surface area contributed by atoms with Gasteiger partial charge in [-0.3, -0.25) is 4.68 Å². The molecule has 5 heteroatoms. The fourth-order valence-electron chi connectivity index (χ4n) is 2.43. The lowest BCUT2D eigenvalue weighted by atomic mass is 10.0. The van der Waals surface area contributed by atoms with Gasteiger partial charge in [0.05, 0.1) is 23.0 Å². The van der Waals surface area contributed by atoms with Gasteiger partial charge in [0.2, 0.25) is 0 Å². The summed E-state index contributed by atoms with van der Waals surface area (Å²) in [6, 6.07) is 7.69. The van der Waals surface area contributed by atoms with Crippen LogP contribution in [0.5, 0.6) is 5.75 Å². The molecular formula is C16H22ClN3O. The Bertz CT molecular complexity index is 610. The first kappa shape index (κ1) is 15.9. The Labute approximate surface area is 130 Å². The molecule has 2 rings (SSSR count). The molecule has 1 heterocycles. The van der Waals surface area contributed by atoms with Crippen molar-refractivity contribution in [3.8, 4) is 5.75 Å². The van der Waals surface area contributed by atoms with Crippen LogP contribution < -0.4 is 10.5 Å². The number of nitrogens with two attached hydrogens (primary N) is 1. The van der Waals surface area contributed by atoms with Gasteiger partial charge in [-0.15, -0.1) is 0 Å². The lowest BCUT2D eigenvalue weighted by molar-refractivity contribution is 0.334. The molecule has 0 saturated heterocycles. The van der Waals surface area contributed by atoms with E-state index < -0.39 is 0 Å². The average molecular weight is 308 g/mol. The van der Waals surface area contributed by atoms with E-state index in [1.165, 1.54) is 0 Å². The first-order chi connectivity index (χ1) is 10.1. The third-order valence-electron chi connectivity index (χ3n) is 3.53. The van der Waals surface area contributed by atoms with Gasteiger partial charge in [-0.05, 0) is 19.4 Å². The first-order valence-corrected chi connectivity index (χ1v) is 7.63. The Morgan fingerprint density at radius 3 is 2.67 bits per heavy atom. The van der Waals surface area contributed by atoms with E-state index in [1.807, 2.05) is 49.8 Å². The highest BCUT2D eigenvalue weighted by atomic mass is 35.5. The van der Waals surface area contributed by atoms with Crippen LogP contribution in [0, 0.1) is 0 Å². The molecule has 1 unspecified atom stereocenters. The van der Waals surface area contributed by atoms with E-state index in [1.54, 1.807) is 0 Å². The second-order valence-corrected chi connectivity index (χ2v) is 5.34. The summed E-state index contributed by atoms with van der Waals surface area (Å²) in [4.78, 5) is 0. The molecule has 1 atom stereocenters. The summed E-state index contributed by atoms with van der Waals surface area (Å²) >= 11 is 6.39. The summed E-state index contributed by atoms with van der Waals surface area (Å²) in [5.74, 6) is 0.835. The smallest absolute Gasteiger partial charge is 0.124 e. The van der Waals surface area contributed by atoms with Crippen LogP contribution in [0.4, 0.5) is 0 Å². The molecule has 0 spiro atoms. The maximum atomic E-state index is 6.39. The minimum atomic E-state index is -0.176. The highest BCUT2D eigenvalue weighted by Crippen LogP contribution is 2.29. The number of nitrogens with zero attached hydrogens (tertiary/aromatic N) is 2. The van der Waals surface area contributed by atoms with Crippen LogP contribution in [0.2, 0.25) is 5.02 Å². The summed E-state index contributed by atoms with van der Waals surface area (Å²) in [7, 11) is 1.90. The predicted octanol–water partition coefficient (Wildman–Crippen LogP) is 3.28. The Morgan fingerprint density at radius 2 is 2.05 bits per heavy atom. The van der Waals surface area contributed by atoms with Crippen LogP contribution in [-0.4, -0.2) is 16.4 Å². The third-order valence-corrected chi connectivity index (χ3v) is 3.97. The van der Waals surface area contributed by atoms with Gasteiger partial charge in [0.1, 0.15) is 5.75 Å². The Kier molecular flexibility index (Phi) is 5.26. The molecule has 0 aliphatic carbocycles. The molecule has 0 bridgehead atoms. The zero-order chi connectivity index (χ0) is 15.4. The molecule has 0 saturated carbocycles. The lowest BCUT2D eigenvalue weighted by Crippen LogP contribution is -2.17. The van der Waals surface area contributed by atoms with E-state index in [0.717, 1.165) is 34.1 Å². The average Bonchev–Trinajstić information content (AvgIpc) is 2.75. The van der Waals surface area contributed by atoms with Crippen molar-refractivity contribution >= 4 is 11.6 Å². The van der Waals surface area contributed by atoms with Gasteiger partial charge in [0, 0.05) is 25.1 Å². The van der Waals surface area contributed by atoms with Gasteiger partial charge in [0.15, 0.2) is 0 Å². The van der Waals surface area contributed by atoms with E-state index in [0.29, 0.717) is 13.0 Å². The maximum absolute atomic E-state index is 6.39. The molecule has 114 valence electrons. The normalized spacial score (nSPS) is 12.4. The zero-order valence-corrected chi connectivity index (χ0v) is 13.5. The van der Waals surface area contributed by atoms with Crippen molar-refractivity contribution in [1.29, 1.82) is 0 Å². The van der Waals surface area contributed by atoms with Crippen LogP contribution in [0.25, 0.3) is 0 Å². The summed E-state index contributed by atoms with van der Waals surface area (Å²) in [6.45, 7) is 4.63. The van der Waals surface area contributed by atoms with E-state index >= 15 is 0 Å². The van der Waals surface area contributed by atoms with E-state index in [2.05, 4.69) is 5.10 Å². The Hall–Kier alpha value is -1.52. The molecule has 0 fully saturated rings. The van der Waals surface area contributed by atoms with Crippen LogP contribution >= 0.6 is 11.6 Å². The van der Waals surface area contributed by atoms with Crippen molar-refractivity contribution in [2.75, 3.05) is 6.61 Å². The van der Waals surface area contributed by atoms with Gasteiger partial charge < -0.3 is 10.5 Å². The van der Waals surface area contributed by atoms with Crippen molar-refractivity contribution < 1.29 is 4.74 Å². The van der Waals surface area contributed by atoms with Gasteiger partial charge in [0.25, 0.3) is 0 Å². The number of rotatable bonds is 6. The van der Waals surface area contributed by atoms with Gasteiger partial charge in [-0.25, -0.2) is 0 Å². The van der Waals surface area contributed by atoms with E-state index in [4.69, 9.17) is 22.1 Å². The fourth-order valence-corrected chi connectivity index (χ4v) is 2.80. The summed E-state index contributed by atoms with van der Waals surface area (Å²) in [5.41, 5.74) is 9.24. The zero-order valence-electron chi connectivity index (χ0n) is 12.8. The second kappa shape index (κ2) is 6.96. The Morgan fingerprint density at radius 1 is 1.33 bits per heavy atom. The van der Waals surface area contributed by atoms with Crippen LogP contribution in [0.15, 0.2) is 24.3 Å². The number of halogens is 1. The fraction of sp³-hybridized carbons (Fsp3) is 0.438. The topological polar surface area (TPSA) is 53.1 Å². The van der Waals surface area contributed by atoms with Crippen LogP contribution in [0.1, 0.15) is 36.8 Å². The summed E-state index contributed by atoms with van der Waals surface area (Å²) in [6.07, 6.45) is 1.45. The van der Waals surface area contributed by atoms with Crippen molar-refractivity contribution in [2.45, 2.75) is 32.7 Å². The molecule has 1 aromatic heterocycles. The molecule has 0 amide bonds. The molecular weight excluding hydrogens is 286 g/mol. The molecule has 2 N–H and O–H groups in total. The number of aromatic nitrogens is 2. The van der Waals surface area contributed by atoms with Gasteiger partial charge >= 0.3 is 0 Å². The summed E-state index contributed by atoms with van der Waals surface area (Å²) < 4.78 is 7.47. The van der Waals surface area contributed by atoms with Crippen LogP contribution in [0.3, 0.4) is 0 Å². The molecule has 0 aliphatic heterocycles. The van der Waals surface area contributed by atoms with E-state index in [9.17, 15) is 0 Å². The highest BCUT2D eigenvalue weighted by Gasteiger charge is 2.19. The number of benzene rings is 1. The lowest BCUT2D eigenvalue weighted by Gasteiger charge is -2.16. The van der Waals surface area contributed by atoms with Crippen LogP contribution in [-0.2, 0) is 19.9 Å². The molecule has 21 heavy (non-hydrogen) atoms. The van der Waals surface area contributed by atoms with Crippen molar-refractivity contribution in [2.24, 2.45) is 12.8 Å². The van der Waals surface area contributed by atoms with Gasteiger partial charge in [-0.1, -0.05) is 36.7 Å². The summed E-state index contributed by atoms with van der Waals surface area (Å²) in [5, 5.41) is 5.16. The molecule has 2 aromatic rings. The standard InChI is InChI=1S/C16H22ClN3O/c1-4-13-16(17)14(20(3)19-13)10-12(18)11-8-6-7-9-15(11)21-5-2/h6-9,12H,4-5,10,18H2,1-3H3. The number of hydrogen-bond acceptors (Lipinski definition) is 3. The number of ether oxygens (including phenoxy) is 1. The largest absolute Gasteiger partial charge is 0.494 e. The third kappa shape index (κ3) is 3.39. The molecule has 4 nitrogen and oxygen atoms in total. The number of hydrogen-bond donors (Lipinski definition) is 1. The molecule has 1 aromatic carbocycles. The molecule has 0 radical (unpaired) electrons. The number of para-hydroxylation sites is 1. The van der Waals surface area contributed by atoms with Crippen molar-refractivity contribution in [3.05, 3.63) is 46.2 Å². The number of aryl methyl sites for hydroxylation is 2. The second-order valence-electron chi connectivity index (χ2n) is 4.97. The Balaban J connectivity index is 2.26. The van der Waals surface area contributed by atoms with Gasteiger partial charge in [-0.2, -0.15) is 5.10 Å². The van der Waals surface area contributed by atoms with E-state index in [-0.39, 0.29) is 6.04 Å². The monoisotopic (exact) mass is 307 g/mol. The van der Waals surface area contributed by atoms with Crippen molar-refractivity contribution in [1.82, 2.24) is 9.78 Å². The molecule has 0 aliphatic rings. The quantitative estimate of drug-likeness (QED) is 0.891.